The summed E-state index contributed by atoms with van der Waals surface area (Å²) in [6.45, 7) is 8.97. The van der Waals surface area contributed by atoms with Crippen LogP contribution in [0.15, 0.2) is 35.3 Å². The molecule has 0 bridgehead atoms. The van der Waals surface area contributed by atoms with Gasteiger partial charge >= 0.3 is 0 Å². The SMILES string of the molecule is CN=C(NCCCn1nc(C)cc1C)NCCSCc1ccc(C)cc1. The van der Waals surface area contributed by atoms with Gasteiger partial charge in [0.2, 0.25) is 0 Å². The molecule has 5 nitrogen and oxygen atoms in total. The second kappa shape index (κ2) is 10.9. The van der Waals surface area contributed by atoms with Crippen molar-refractivity contribution in [3.63, 3.8) is 0 Å². The molecule has 1 aromatic carbocycles. The zero-order chi connectivity index (χ0) is 18.8. The third-order valence-corrected chi connectivity index (χ3v) is 5.12. The molecule has 0 unspecified atom stereocenters. The number of aliphatic imine (C=N–C) groups is 1. The maximum Gasteiger partial charge on any atom is 0.191 e. The zero-order valence-electron chi connectivity index (χ0n) is 16.4. The summed E-state index contributed by atoms with van der Waals surface area (Å²) in [5, 5.41) is 11.2. The molecule has 2 rings (SSSR count). The van der Waals surface area contributed by atoms with E-state index >= 15 is 0 Å². The molecular weight excluding hydrogens is 342 g/mol. The minimum Gasteiger partial charge on any atom is -0.356 e. The number of benzene rings is 1. The van der Waals surface area contributed by atoms with E-state index in [0.717, 1.165) is 49.2 Å². The number of nitrogens with zero attached hydrogens (tertiary/aromatic N) is 3. The lowest BCUT2D eigenvalue weighted by Crippen LogP contribution is -2.39. The van der Waals surface area contributed by atoms with E-state index in [0.29, 0.717) is 0 Å². The van der Waals surface area contributed by atoms with Crippen molar-refractivity contribution in [2.45, 2.75) is 39.5 Å². The first-order valence-corrected chi connectivity index (χ1v) is 10.3. The Bertz CT molecular complexity index is 691. The van der Waals surface area contributed by atoms with Crippen LogP contribution in [-0.2, 0) is 12.3 Å². The average Bonchev–Trinajstić information content (AvgIpc) is 2.95. The minimum absolute atomic E-state index is 0.870. The predicted molar refractivity (Wildman–Crippen MR) is 113 cm³/mol. The van der Waals surface area contributed by atoms with Crippen LogP contribution in [0.2, 0.25) is 0 Å². The number of hydrogen-bond donors (Lipinski definition) is 2. The van der Waals surface area contributed by atoms with Crippen molar-refractivity contribution >= 4 is 17.7 Å². The Hall–Kier alpha value is -1.95. The molecule has 0 atom stereocenters. The second-order valence-electron chi connectivity index (χ2n) is 6.47. The molecule has 0 aliphatic rings. The molecule has 0 aliphatic carbocycles. The fraction of sp³-hybridized carbons (Fsp3) is 0.500. The van der Waals surface area contributed by atoms with Crippen LogP contribution in [0.25, 0.3) is 0 Å². The van der Waals surface area contributed by atoms with E-state index in [1.807, 2.05) is 25.7 Å². The summed E-state index contributed by atoms with van der Waals surface area (Å²) < 4.78 is 2.06. The predicted octanol–water partition coefficient (Wildman–Crippen LogP) is 3.30. The highest BCUT2D eigenvalue weighted by atomic mass is 32.2. The maximum atomic E-state index is 4.49. The van der Waals surface area contributed by atoms with Crippen molar-refractivity contribution < 1.29 is 0 Å². The lowest BCUT2D eigenvalue weighted by atomic mass is 10.2. The molecule has 0 saturated carbocycles. The summed E-state index contributed by atoms with van der Waals surface area (Å²) in [5.41, 5.74) is 4.99. The molecule has 2 N–H and O–H groups in total. The Kier molecular flexibility index (Phi) is 8.54. The Morgan fingerprint density at radius 1 is 1.12 bits per heavy atom. The largest absolute Gasteiger partial charge is 0.356 e. The van der Waals surface area contributed by atoms with Gasteiger partial charge in [0.25, 0.3) is 0 Å². The molecule has 1 heterocycles. The van der Waals surface area contributed by atoms with Crippen molar-refractivity contribution in [2.75, 3.05) is 25.9 Å². The van der Waals surface area contributed by atoms with Crippen LogP contribution in [0.4, 0.5) is 0 Å². The molecule has 0 saturated heterocycles. The lowest BCUT2D eigenvalue weighted by Gasteiger charge is -2.12. The average molecular weight is 374 g/mol. The van der Waals surface area contributed by atoms with Crippen LogP contribution in [0.3, 0.4) is 0 Å². The first-order valence-electron chi connectivity index (χ1n) is 9.17. The monoisotopic (exact) mass is 373 g/mol. The highest BCUT2D eigenvalue weighted by molar-refractivity contribution is 7.98. The Morgan fingerprint density at radius 3 is 2.50 bits per heavy atom. The second-order valence-corrected chi connectivity index (χ2v) is 7.57. The quantitative estimate of drug-likeness (QED) is 0.402. The smallest absolute Gasteiger partial charge is 0.191 e. The Balaban J connectivity index is 1.56. The third-order valence-electron chi connectivity index (χ3n) is 4.09. The number of aryl methyl sites for hydroxylation is 4. The topological polar surface area (TPSA) is 54.2 Å². The van der Waals surface area contributed by atoms with Gasteiger partial charge in [0, 0.05) is 43.9 Å². The van der Waals surface area contributed by atoms with E-state index in [4.69, 9.17) is 0 Å². The van der Waals surface area contributed by atoms with Gasteiger partial charge in [-0.1, -0.05) is 29.8 Å². The molecule has 0 fully saturated rings. The molecule has 6 heteroatoms. The minimum atomic E-state index is 0.870. The molecule has 1 aromatic heterocycles. The van der Waals surface area contributed by atoms with E-state index < -0.39 is 0 Å². The highest BCUT2D eigenvalue weighted by Crippen LogP contribution is 2.12. The van der Waals surface area contributed by atoms with Crippen LogP contribution in [-0.4, -0.2) is 41.6 Å². The fourth-order valence-electron chi connectivity index (χ4n) is 2.67. The number of rotatable bonds is 9. The van der Waals surface area contributed by atoms with Gasteiger partial charge < -0.3 is 10.6 Å². The van der Waals surface area contributed by atoms with E-state index in [-0.39, 0.29) is 0 Å². The van der Waals surface area contributed by atoms with Gasteiger partial charge in [0.05, 0.1) is 5.69 Å². The van der Waals surface area contributed by atoms with Crippen LogP contribution < -0.4 is 10.6 Å². The Labute approximate surface area is 161 Å². The summed E-state index contributed by atoms with van der Waals surface area (Å²) in [6.07, 6.45) is 1.02. The standard InChI is InChI=1S/C20H31N5S/c1-16-6-8-19(9-7-16)15-26-13-11-23-20(21-4)22-10-5-12-25-18(3)14-17(2)24-25/h6-9,14H,5,10-13,15H2,1-4H3,(H2,21,22,23). The molecule has 26 heavy (non-hydrogen) atoms. The van der Waals surface area contributed by atoms with Gasteiger partial charge in [-0.15, -0.1) is 0 Å². The van der Waals surface area contributed by atoms with Gasteiger partial charge in [-0.25, -0.2) is 0 Å². The van der Waals surface area contributed by atoms with Crippen LogP contribution in [0.1, 0.15) is 28.9 Å². The molecule has 0 aliphatic heterocycles. The van der Waals surface area contributed by atoms with Gasteiger partial charge in [0.1, 0.15) is 0 Å². The van der Waals surface area contributed by atoms with E-state index in [1.54, 1.807) is 0 Å². The van der Waals surface area contributed by atoms with Crippen LogP contribution >= 0.6 is 11.8 Å². The summed E-state index contributed by atoms with van der Waals surface area (Å²) in [6, 6.07) is 10.9. The third kappa shape index (κ3) is 7.12. The number of thioether (sulfide) groups is 1. The van der Waals surface area contributed by atoms with Crippen molar-refractivity contribution in [3.05, 3.63) is 52.8 Å². The highest BCUT2D eigenvalue weighted by Gasteiger charge is 2.01. The lowest BCUT2D eigenvalue weighted by molar-refractivity contribution is 0.555. The molecular formula is C20H31N5S. The molecule has 0 amide bonds. The van der Waals surface area contributed by atoms with Crippen molar-refractivity contribution in [1.29, 1.82) is 0 Å². The van der Waals surface area contributed by atoms with Gasteiger partial charge in [-0.3, -0.25) is 9.67 Å². The summed E-state index contributed by atoms with van der Waals surface area (Å²) in [7, 11) is 1.82. The number of nitrogens with one attached hydrogen (secondary N) is 2. The van der Waals surface area contributed by atoms with Crippen molar-refractivity contribution in [1.82, 2.24) is 20.4 Å². The first kappa shape index (κ1) is 20.4. The zero-order valence-corrected chi connectivity index (χ0v) is 17.2. The molecule has 142 valence electrons. The number of hydrogen-bond acceptors (Lipinski definition) is 3. The van der Waals surface area contributed by atoms with E-state index in [2.05, 4.69) is 69.6 Å². The number of guanidine groups is 1. The van der Waals surface area contributed by atoms with Crippen LogP contribution in [0, 0.1) is 20.8 Å². The van der Waals surface area contributed by atoms with Crippen molar-refractivity contribution in [3.8, 4) is 0 Å². The first-order chi connectivity index (χ1) is 12.6. The number of aromatic nitrogens is 2. The summed E-state index contributed by atoms with van der Waals surface area (Å²) in [4.78, 5) is 4.28. The molecule has 0 radical (unpaired) electrons. The normalized spacial score (nSPS) is 11.6. The maximum absolute atomic E-state index is 4.49. The molecule has 0 spiro atoms. The van der Waals surface area contributed by atoms with Gasteiger partial charge in [-0.2, -0.15) is 16.9 Å². The summed E-state index contributed by atoms with van der Waals surface area (Å²) >= 11 is 1.94. The van der Waals surface area contributed by atoms with Gasteiger partial charge in [0.15, 0.2) is 5.96 Å². The summed E-state index contributed by atoms with van der Waals surface area (Å²) in [5.74, 6) is 2.98. The van der Waals surface area contributed by atoms with Crippen molar-refractivity contribution in [2.24, 2.45) is 4.99 Å². The van der Waals surface area contributed by atoms with Gasteiger partial charge in [-0.05, 0) is 38.8 Å². The van der Waals surface area contributed by atoms with E-state index in [9.17, 15) is 0 Å². The molecule has 2 aromatic rings. The fourth-order valence-corrected chi connectivity index (χ4v) is 3.49. The van der Waals surface area contributed by atoms with Crippen LogP contribution in [0.5, 0.6) is 0 Å². The van der Waals surface area contributed by atoms with E-state index in [1.165, 1.54) is 16.8 Å². The Morgan fingerprint density at radius 2 is 1.85 bits per heavy atom.